The highest BCUT2D eigenvalue weighted by molar-refractivity contribution is 7.92. The first-order valence-corrected chi connectivity index (χ1v) is 9.76. The van der Waals surface area contributed by atoms with Crippen molar-refractivity contribution in [3.8, 4) is 11.6 Å². The van der Waals surface area contributed by atoms with Crippen LogP contribution in [0.15, 0.2) is 65.6 Å². The Kier molecular flexibility index (Phi) is 5.47. The van der Waals surface area contributed by atoms with Crippen LogP contribution in [0.25, 0.3) is 0 Å². The molecule has 0 N–H and O–H groups in total. The first kappa shape index (κ1) is 20.6. The summed E-state index contributed by atoms with van der Waals surface area (Å²) in [6, 6.07) is 12.9. The van der Waals surface area contributed by atoms with Crippen LogP contribution in [0.5, 0.6) is 11.6 Å². The summed E-state index contributed by atoms with van der Waals surface area (Å²) in [6.45, 7) is 1.79. The minimum Gasteiger partial charge on any atom is -0.438 e. The van der Waals surface area contributed by atoms with Crippen molar-refractivity contribution in [1.82, 2.24) is 10.2 Å². The summed E-state index contributed by atoms with van der Waals surface area (Å²) in [6.07, 6.45) is -4.54. The van der Waals surface area contributed by atoms with Crippen molar-refractivity contribution in [3.63, 3.8) is 0 Å². The molecule has 2 aromatic carbocycles. The topological polar surface area (TPSA) is 72.4 Å². The highest BCUT2D eigenvalue weighted by Crippen LogP contribution is 2.31. The van der Waals surface area contributed by atoms with Crippen molar-refractivity contribution in [3.05, 3.63) is 71.9 Å². The Balaban J connectivity index is 1.78. The second-order valence-corrected chi connectivity index (χ2v) is 8.07. The third-order valence-electron chi connectivity index (χ3n) is 4.04. The summed E-state index contributed by atoms with van der Waals surface area (Å²) in [5.74, 6) is 0.710. The predicted octanol–water partition coefficient (Wildman–Crippen LogP) is 4.42. The van der Waals surface area contributed by atoms with E-state index in [-0.39, 0.29) is 10.8 Å². The van der Waals surface area contributed by atoms with Crippen LogP contribution in [0.1, 0.15) is 11.3 Å². The molecular formula is C19H16F3N3O3S. The smallest absolute Gasteiger partial charge is 0.416 e. The number of benzene rings is 2. The van der Waals surface area contributed by atoms with Gasteiger partial charge in [-0.15, -0.1) is 5.10 Å². The summed E-state index contributed by atoms with van der Waals surface area (Å²) in [5, 5.41) is 7.75. The SMILES string of the molecule is Cc1ccc(Oc2ccc(N(C)S(=O)(=O)c3ccc(C(F)(F)F)cc3)cc2)nn1. The number of aryl methyl sites for hydroxylation is 1. The molecule has 6 nitrogen and oxygen atoms in total. The molecule has 1 aromatic heterocycles. The lowest BCUT2D eigenvalue weighted by molar-refractivity contribution is -0.137. The lowest BCUT2D eigenvalue weighted by atomic mass is 10.2. The Labute approximate surface area is 165 Å². The Hall–Kier alpha value is -3.14. The molecule has 0 amide bonds. The van der Waals surface area contributed by atoms with Crippen LogP contribution in [-0.4, -0.2) is 25.7 Å². The highest BCUT2D eigenvalue weighted by Gasteiger charge is 2.31. The lowest BCUT2D eigenvalue weighted by Crippen LogP contribution is -2.26. The molecule has 0 aliphatic heterocycles. The molecule has 29 heavy (non-hydrogen) atoms. The second kappa shape index (κ2) is 7.70. The first-order chi connectivity index (χ1) is 13.6. The van der Waals surface area contributed by atoms with E-state index < -0.39 is 21.8 Å². The quantitative estimate of drug-likeness (QED) is 0.607. The van der Waals surface area contributed by atoms with Gasteiger partial charge in [0.15, 0.2) is 0 Å². The zero-order valence-corrected chi connectivity index (χ0v) is 16.2. The standard InChI is InChI=1S/C19H16F3N3O3S/c1-13-3-12-18(24-23-13)28-16-8-6-15(7-9-16)25(2)29(26,27)17-10-4-14(5-11-17)19(20,21)22/h3-12H,1-2H3. The Morgan fingerprint density at radius 2 is 1.52 bits per heavy atom. The molecule has 0 aliphatic rings. The van der Waals surface area contributed by atoms with Gasteiger partial charge < -0.3 is 4.74 Å². The van der Waals surface area contributed by atoms with E-state index in [9.17, 15) is 21.6 Å². The number of ether oxygens (including phenoxy) is 1. The Bertz CT molecular complexity index is 1080. The maximum absolute atomic E-state index is 12.7. The van der Waals surface area contributed by atoms with E-state index in [0.717, 1.165) is 34.3 Å². The molecule has 0 aliphatic carbocycles. The van der Waals surface area contributed by atoms with E-state index in [0.29, 0.717) is 11.4 Å². The number of nitrogens with zero attached hydrogens (tertiary/aromatic N) is 3. The number of aromatic nitrogens is 2. The third kappa shape index (κ3) is 4.65. The van der Waals surface area contributed by atoms with Crippen LogP contribution < -0.4 is 9.04 Å². The minimum atomic E-state index is -4.54. The van der Waals surface area contributed by atoms with Crippen LogP contribution in [0.4, 0.5) is 18.9 Å². The fourth-order valence-corrected chi connectivity index (χ4v) is 3.59. The second-order valence-electron chi connectivity index (χ2n) is 6.10. The van der Waals surface area contributed by atoms with Crippen LogP contribution in [0.3, 0.4) is 0 Å². The average Bonchev–Trinajstić information content (AvgIpc) is 2.69. The first-order valence-electron chi connectivity index (χ1n) is 8.32. The molecule has 3 aromatic rings. The van der Waals surface area contributed by atoms with E-state index in [1.165, 1.54) is 19.2 Å². The number of halogens is 3. The van der Waals surface area contributed by atoms with Crippen LogP contribution in [0, 0.1) is 6.92 Å². The predicted molar refractivity (Wildman–Crippen MR) is 100 cm³/mol. The molecule has 10 heteroatoms. The van der Waals surface area contributed by atoms with Gasteiger partial charge in [0.05, 0.1) is 21.8 Å². The van der Waals surface area contributed by atoms with Crippen molar-refractivity contribution in [1.29, 1.82) is 0 Å². The van der Waals surface area contributed by atoms with Gasteiger partial charge in [-0.25, -0.2) is 8.42 Å². The normalized spacial score (nSPS) is 11.9. The van der Waals surface area contributed by atoms with E-state index in [1.54, 1.807) is 31.2 Å². The Morgan fingerprint density at radius 1 is 0.897 bits per heavy atom. The molecule has 0 bridgehead atoms. The van der Waals surface area contributed by atoms with Gasteiger partial charge in [-0.3, -0.25) is 4.31 Å². The van der Waals surface area contributed by atoms with Crippen LogP contribution in [-0.2, 0) is 16.2 Å². The fourth-order valence-electron chi connectivity index (χ4n) is 2.40. The summed E-state index contributed by atoms with van der Waals surface area (Å²) in [7, 11) is -2.71. The molecule has 0 saturated carbocycles. The van der Waals surface area contributed by atoms with Crippen molar-refractivity contribution >= 4 is 15.7 Å². The monoisotopic (exact) mass is 423 g/mol. The van der Waals surface area contributed by atoms with E-state index in [4.69, 9.17) is 4.74 Å². The molecule has 152 valence electrons. The van der Waals surface area contributed by atoms with Crippen molar-refractivity contribution in [2.45, 2.75) is 18.0 Å². The van der Waals surface area contributed by atoms with Gasteiger partial charge in [-0.2, -0.15) is 18.3 Å². The van der Waals surface area contributed by atoms with Gasteiger partial charge in [0.25, 0.3) is 10.0 Å². The van der Waals surface area contributed by atoms with Gasteiger partial charge in [0.2, 0.25) is 5.88 Å². The van der Waals surface area contributed by atoms with Gasteiger partial charge in [-0.1, -0.05) is 0 Å². The summed E-state index contributed by atoms with van der Waals surface area (Å²) >= 11 is 0. The summed E-state index contributed by atoms with van der Waals surface area (Å²) in [4.78, 5) is -0.247. The zero-order valence-electron chi connectivity index (χ0n) is 15.4. The fraction of sp³-hybridized carbons (Fsp3) is 0.158. The maximum Gasteiger partial charge on any atom is 0.416 e. The molecule has 0 spiro atoms. The average molecular weight is 423 g/mol. The number of alkyl halides is 3. The minimum absolute atomic E-state index is 0.247. The zero-order chi connectivity index (χ0) is 21.2. The van der Waals surface area contributed by atoms with E-state index in [2.05, 4.69) is 10.2 Å². The summed E-state index contributed by atoms with van der Waals surface area (Å²) < 4.78 is 69.9. The van der Waals surface area contributed by atoms with Gasteiger partial charge in [0.1, 0.15) is 5.75 Å². The largest absolute Gasteiger partial charge is 0.438 e. The highest BCUT2D eigenvalue weighted by atomic mass is 32.2. The number of hydrogen-bond donors (Lipinski definition) is 0. The lowest BCUT2D eigenvalue weighted by Gasteiger charge is -2.20. The number of anilines is 1. The number of rotatable bonds is 5. The summed E-state index contributed by atoms with van der Waals surface area (Å²) in [5.41, 5.74) is 0.134. The molecule has 1 heterocycles. The maximum atomic E-state index is 12.7. The van der Waals surface area contributed by atoms with E-state index in [1.807, 2.05) is 0 Å². The molecule has 0 saturated heterocycles. The van der Waals surface area contributed by atoms with E-state index >= 15 is 0 Å². The molecular weight excluding hydrogens is 407 g/mol. The van der Waals surface area contributed by atoms with Gasteiger partial charge in [0, 0.05) is 13.1 Å². The van der Waals surface area contributed by atoms with Crippen molar-refractivity contribution in [2.24, 2.45) is 0 Å². The van der Waals surface area contributed by atoms with Crippen molar-refractivity contribution in [2.75, 3.05) is 11.4 Å². The van der Waals surface area contributed by atoms with Crippen LogP contribution in [0.2, 0.25) is 0 Å². The Morgan fingerprint density at radius 3 is 2.03 bits per heavy atom. The van der Waals surface area contributed by atoms with Gasteiger partial charge in [-0.05, 0) is 61.5 Å². The van der Waals surface area contributed by atoms with Gasteiger partial charge >= 0.3 is 6.18 Å². The molecule has 0 unspecified atom stereocenters. The molecule has 0 atom stereocenters. The van der Waals surface area contributed by atoms with Crippen LogP contribution >= 0.6 is 0 Å². The molecule has 3 rings (SSSR count). The number of hydrogen-bond acceptors (Lipinski definition) is 5. The molecule has 0 radical (unpaired) electrons. The third-order valence-corrected chi connectivity index (χ3v) is 5.84. The molecule has 0 fully saturated rings. The van der Waals surface area contributed by atoms with Crippen molar-refractivity contribution < 1.29 is 26.3 Å². The number of sulfonamides is 1.